The fourth-order valence-electron chi connectivity index (χ4n) is 0.240. The maximum absolute atomic E-state index is 10.4. The lowest BCUT2D eigenvalue weighted by atomic mass is 10.8. The second kappa shape index (κ2) is 4.22. The van der Waals surface area contributed by atoms with E-state index in [0.29, 0.717) is 0 Å². The molecule has 0 N–H and O–H groups in total. The van der Waals surface area contributed by atoms with Crippen molar-refractivity contribution in [3.8, 4) is 0 Å². The fourth-order valence-corrected chi connectivity index (χ4v) is 0.939. The van der Waals surface area contributed by atoms with Gasteiger partial charge in [-0.15, -0.1) is 11.6 Å². The molecule has 56 valence electrons. The Morgan fingerprint density at radius 1 is 1.60 bits per heavy atom. The molecule has 0 rings (SSSR count). The lowest BCUT2D eigenvalue weighted by Crippen LogP contribution is -1.87. The molecular weight excluding hydrogens is 178 g/mol. The molecule has 0 heterocycles. The molecule has 0 fully saturated rings. The van der Waals surface area contributed by atoms with Crippen molar-refractivity contribution < 1.29 is 13.2 Å². The SMILES string of the molecule is O=C=NS(=O)(=O)/C=C\CCl. The maximum atomic E-state index is 10.4. The van der Waals surface area contributed by atoms with E-state index in [1.54, 1.807) is 0 Å². The monoisotopic (exact) mass is 181 g/mol. The van der Waals surface area contributed by atoms with Crippen molar-refractivity contribution in [2.45, 2.75) is 0 Å². The third-order valence-electron chi connectivity index (χ3n) is 0.522. The normalized spacial score (nSPS) is 11.3. The zero-order chi connectivity index (χ0) is 8.04. The van der Waals surface area contributed by atoms with Crippen molar-refractivity contribution in [1.82, 2.24) is 0 Å². The highest BCUT2D eigenvalue weighted by Gasteiger charge is 1.98. The molecule has 0 saturated heterocycles. The number of hydrogen-bond donors (Lipinski definition) is 0. The molecule has 0 aromatic carbocycles. The first-order chi connectivity index (χ1) is 4.62. The summed E-state index contributed by atoms with van der Waals surface area (Å²) in [6.07, 6.45) is 2.07. The van der Waals surface area contributed by atoms with Crippen LogP contribution in [0.15, 0.2) is 15.9 Å². The van der Waals surface area contributed by atoms with Crippen molar-refractivity contribution in [2.75, 3.05) is 5.88 Å². The Balaban J connectivity index is 4.45. The minimum atomic E-state index is -3.76. The van der Waals surface area contributed by atoms with Crippen LogP contribution in [0.4, 0.5) is 0 Å². The lowest BCUT2D eigenvalue weighted by Gasteiger charge is -1.80. The summed E-state index contributed by atoms with van der Waals surface area (Å²) in [7, 11) is -3.76. The third-order valence-corrected chi connectivity index (χ3v) is 1.57. The molecular formula is C4H4ClNO3S. The van der Waals surface area contributed by atoms with E-state index in [9.17, 15) is 13.2 Å². The van der Waals surface area contributed by atoms with Crippen LogP contribution in [0.1, 0.15) is 0 Å². The van der Waals surface area contributed by atoms with Crippen LogP contribution in [0.25, 0.3) is 0 Å². The van der Waals surface area contributed by atoms with Gasteiger partial charge in [0.2, 0.25) is 0 Å². The Bertz CT molecular complexity index is 262. The largest absolute Gasteiger partial charge is 0.285 e. The zero-order valence-corrected chi connectivity index (χ0v) is 6.39. The predicted octanol–water partition coefficient (Wildman–Crippen LogP) is 0.405. The van der Waals surface area contributed by atoms with Gasteiger partial charge >= 0.3 is 0 Å². The lowest BCUT2D eigenvalue weighted by molar-refractivity contribution is 0.564. The van der Waals surface area contributed by atoms with Gasteiger partial charge < -0.3 is 0 Å². The standard InChI is InChI=1S/C4H4ClNO3S/c5-2-1-3-10(8,9)6-4-7/h1,3H,2H2/b3-1-. The molecule has 0 aromatic heterocycles. The van der Waals surface area contributed by atoms with Gasteiger partial charge in [0.15, 0.2) is 0 Å². The summed E-state index contributed by atoms with van der Waals surface area (Å²) in [5, 5.41) is 0.741. The number of sulfonamides is 1. The Labute approximate surface area is 63.3 Å². The average molecular weight is 182 g/mol. The minimum Gasteiger partial charge on any atom is -0.210 e. The van der Waals surface area contributed by atoms with Crippen molar-refractivity contribution in [1.29, 1.82) is 0 Å². The van der Waals surface area contributed by atoms with Crippen molar-refractivity contribution in [3.63, 3.8) is 0 Å². The van der Waals surface area contributed by atoms with E-state index in [2.05, 4.69) is 4.40 Å². The van der Waals surface area contributed by atoms with Gasteiger partial charge in [0.05, 0.1) is 5.41 Å². The van der Waals surface area contributed by atoms with E-state index in [4.69, 9.17) is 11.6 Å². The van der Waals surface area contributed by atoms with Gasteiger partial charge in [-0.25, -0.2) is 4.79 Å². The zero-order valence-electron chi connectivity index (χ0n) is 4.82. The van der Waals surface area contributed by atoms with E-state index < -0.39 is 10.0 Å². The number of rotatable bonds is 3. The fraction of sp³-hybridized carbons (Fsp3) is 0.250. The predicted molar refractivity (Wildman–Crippen MR) is 36.9 cm³/mol. The molecule has 0 radical (unpaired) electrons. The van der Waals surface area contributed by atoms with Crippen molar-refractivity contribution in [3.05, 3.63) is 11.5 Å². The Morgan fingerprint density at radius 3 is 2.60 bits per heavy atom. The van der Waals surface area contributed by atoms with Gasteiger partial charge in [-0.05, 0) is 0 Å². The molecule has 0 amide bonds. The second-order valence-corrected chi connectivity index (χ2v) is 3.02. The summed E-state index contributed by atoms with van der Waals surface area (Å²) >= 11 is 5.12. The smallest absolute Gasteiger partial charge is 0.210 e. The molecule has 0 unspecified atom stereocenters. The minimum absolute atomic E-state index is 0.0631. The van der Waals surface area contributed by atoms with Crippen LogP contribution in [-0.2, 0) is 14.8 Å². The van der Waals surface area contributed by atoms with Gasteiger partial charge in [0, 0.05) is 5.88 Å². The van der Waals surface area contributed by atoms with Gasteiger partial charge in [0.25, 0.3) is 16.1 Å². The second-order valence-electron chi connectivity index (χ2n) is 1.22. The molecule has 0 spiro atoms. The van der Waals surface area contributed by atoms with Crippen LogP contribution in [0.2, 0.25) is 0 Å². The summed E-state index contributed by atoms with van der Waals surface area (Å²) < 4.78 is 23.3. The molecule has 0 atom stereocenters. The molecule has 0 bridgehead atoms. The topological polar surface area (TPSA) is 63.6 Å². The molecule has 0 aliphatic carbocycles. The van der Waals surface area contributed by atoms with Gasteiger partial charge in [-0.1, -0.05) is 10.5 Å². The van der Waals surface area contributed by atoms with Crippen LogP contribution >= 0.6 is 11.6 Å². The summed E-state index contributed by atoms with van der Waals surface area (Å²) in [6, 6.07) is 0. The molecule has 4 nitrogen and oxygen atoms in total. The highest BCUT2D eigenvalue weighted by Crippen LogP contribution is 1.92. The van der Waals surface area contributed by atoms with E-state index >= 15 is 0 Å². The van der Waals surface area contributed by atoms with E-state index in [1.165, 1.54) is 0 Å². The van der Waals surface area contributed by atoms with Crippen molar-refractivity contribution in [2.24, 2.45) is 4.40 Å². The Hall–Kier alpha value is -0.640. The highest BCUT2D eigenvalue weighted by molar-refractivity contribution is 7.93. The maximum Gasteiger partial charge on any atom is 0.285 e. The van der Waals surface area contributed by atoms with Gasteiger partial charge in [-0.3, -0.25) is 0 Å². The molecule has 10 heavy (non-hydrogen) atoms. The van der Waals surface area contributed by atoms with Crippen LogP contribution in [0, 0.1) is 0 Å². The molecule has 0 aliphatic heterocycles. The first-order valence-corrected chi connectivity index (χ1v) is 4.23. The van der Waals surface area contributed by atoms with E-state index in [1.807, 2.05) is 0 Å². The number of isocyanates is 1. The van der Waals surface area contributed by atoms with Crippen molar-refractivity contribution >= 4 is 27.7 Å². The summed E-state index contributed by atoms with van der Waals surface area (Å²) in [6.45, 7) is 0. The van der Waals surface area contributed by atoms with Gasteiger partial charge in [-0.2, -0.15) is 8.42 Å². The van der Waals surface area contributed by atoms with E-state index in [0.717, 1.165) is 17.6 Å². The quantitative estimate of drug-likeness (QED) is 0.360. The first-order valence-electron chi connectivity index (χ1n) is 2.19. The average Bonchev–Trinajstić information content (AvgIpc) is 1.84. The molecule has 0 aromatic rings. The summed E-state index contributed by atoms with van der Waals surface area (Å²) in [4.78, 5) is 9.45. The number of alkyl halides is 1. The number of allylic oxidation sites excluding steroid dienone is 1. The highest BCUT2D eigenvalue weighted by atomic mass is 35.5. The van der Waals surface area contributed by atoms with Crippen LogP contribution in [0.3, 0.4) is 0 Å². The van der Waals surface area contributed by atoms with Crippen LogP contribution in [-0.4, -0.2) is 20.4 Å². The summed E-state index contributed by atoms with van der Waals surface area (Å²) in [5.74, 6) is 0.0631. The summed E-state index contributed by atoms with van der Waals surface area (Å²) in [5.41, 5.74) is 0. The number of carbonyl (C=O) groups excluding carboxylic acids is 1. The molecule has 0 saturated carbocycles. The first kappa shape index (κ1) is 9.36. The van der Waals surface area contributed by atoms with E-state index in [-0.39, 0.29) is 5.88 Å². The number of halogens is 1. The van der Waals surface area contributed by atoms with Crippen LogP contribution in [0.5, 0.6) is 0 Å². The van der Waals surface area contributed by atoms with Crippen LogP contribution < -0.4 is 0 Å². The molecule has 0 aliphatic rings. The third kappa shape index (κ3) is 4.26. The number of hydrogen-bond acceptors (Lipinski definition) is 3. The Kier molecular flexibility index (Phi) is 3.95. The number of nitrogens with zero attached hydrogens (tertiary/aromatic N) is 1. The van der Waals surface area contributed by atoms with Gasteiger partial charge in [0.1, 0.15) is 0 Å². The Morgan fingerprint density at radius 2 is 2.20 bits per heavy atom. The molecule has 6 heteroatoms.